The number of hydrogen-bond acceptors (Lipinski definition) is 12. The topological polar surface area (TPSA) is 241 Å². The van der Waals surface area contributed by atoms with E-state index in [9.17, 15) is 42.3 Å². The van der Waals surface area contributed by atoms with E-state index in [0.29, 0.717) is 57.0 Å². The lowest BCUT2D eigenvalue weighted by atomic mass is 10.0. The minimum Gasteiger partial charge on any atom is -0.479 e. The third-order valence-corrected chi connectivity index (χ3v) is 13.8. The number of ether oxygens (including phenoxy) is 1. The number of nitrogens with zero attached hydrogens (tertiary/aromatic N) is 2. The van der Waals surface area contributed by atoms with Crippen LogP contribution in [0.5, 0.6) is 5.75 Å². The number of benzene rings is 3. The third kappa shape index (κ3) is 9.54. The molecule has 7 rings (SSSR count). The van der Waals surface area contributed by atoms with Gasteiger partial charge in [0.1, 0.15) is 11.1 Å². The van der Waals surface area contributed by atoms with Crippen LogP contribution in [0, 0.1) is 0 Å². The zero-order chi connectivity index (χ0) is 42.7. The third-order valence-electron chi connectivity index (χ3n) is 10.2. The van der Waals surface area contributed by atoms with Crippen molar-refractivity contribution < 1.29 is 52.1 Å². The molecule has 3 aliphatic rings. The van der Waals surface area contributed by atoms with Crippen molar-refractivity contribution >= 4 is 85.6 Å². The lowest BCUT2D eigenvalue weighted by molar-refractivity contribution is -0.139. The van der Waals surface area contributed by atoms with Gasteiger partial charge in [-0.25, -0.2) is 22.3 Å². The fourth-order valence-corrected chi connectivity index (χ4v) is 10.3. The Bertz CT molecular complexity index is 2500. The summed E-state index contributed by atoms with van der Waals surface area (Å²) < 4.78 is 33.6. The summed E-state index contributed by atoms with van der Waals surface area (Å²) in [4.78, 5) is 74.3. The molecule has 60 heavy (non-hydrogen) atoms. The maximum Gasteiger partial charge on any atom is 0.349 e. The Morgan fingerprint density at radius 2 is 1.68 bits per heavy atom. The molecule has 0 saturated carbocycles. The summed E-state index contributed by atoms with van der Waals surface area (Å²) in [6.45, 7) is -0.117. The highest BCUT2D eigenvalue weighted by Gasteiger charge is 2.39. The predicted octanol–water partition coefficient (Wildman–Crippen LogP) is 4.45. The molecule has 4 aromatic rings. The van der Waals surface area contributed by atoms with Gasteiger partial charge in [0.15, 0.2) is 17.2 Å². The molecule has 1 aromatic heterocycles. The van der Waals surface area contributed by atoms with E-state index in [1.54, 1.807) is 60.7 Å². The van der Waals surface area contributed by atoms with Crippen LogP contribution in [-0.2, 0) is 41.5 Å². The van der Waals surface area contributed by atoms with E-state index in [2.05, 4.69) is 21.3 Å². The van der Waals surface area contributed by atoms with Gasteiger partial charge in [-0.3, -0.25) is 24.5 Å². The first-order valence-electron chi connectivity index (χ1n) is 18.8. The summed E-state index contributed by atoms with van der Waals surface area (Å²) in [5.41, 5.74) is 3.96. The van der Waals surface area contributed by atoms with Gasteiger partial charge in [0.25, 0.3) is 5.91 Å². The second-order valence-corrected chi connectivity index (χ2v) is 17.8. The van der Waals surface area contributed by atoms with Crippen molar-refractivity contribution in [3.05, 3.63) is 93.3 Å². The molecule has 314 valence electrons. The van der Waals surface area contributed by atoms with Crippen LogP contribution >= 0.6 is 22.9 Å². The summed E-state index contributed by atoms with van der Waals surface area (Å²) in [7, 11) is -3.71. The molecule has 6 N–H and O–H groups in total. The number of amides is 4. The standard InChI is InChI=1S/C40H39ClN6O11S2/c41-34-35(58-20-33(50)51)37(40(54)55)59-36(34)23-4-2-6-28(16-23)43-25-11-13-46(14-12-25)60(56,57)21-22-3-1-5-27(15-22)44-32(49)18-42-26-7-8-29-24(17-26)19-47(39(29)53)30-9-10-31(48)45-38(30)52/h1-8,15-17,25,30,42-43H,9-14,18-21H2,(H,44,49)(H,50,51)(H,54,55)(H,45,48,52). The molecular formula is C40H39ClN6O11S2. The number of fused-ring (bicyclic) bond motifs is 1. The van der Waals surface area contributed by atoms with Crippen molar-refractivity contribution in [2.75, 3.05) is 42.2 Å². The molecule has 2 fully saturated rings. The van der Waals surface area contributed by atoms with Crippen molar-refractivity contribution in [2.24, 2.45) is 0 Å². The second-order valence-electron chi connectivity index (χ2n) is 14.4. The number of rotatable bonds is 15. The number of nitrogens with one attached hydrogen (secondary N) is 4. The van der Waals surface area contributed by atoms with E-state index < -0.39 is 40.5 Å². The molecule has 0 aliphatic carbocycles. The molecule has 1 unspecified atom stereocenters. The molecule has 4 heterocycles. The van der Waals surface area contributed by atoms with Crippen molar-refractivity contribution in [1.29, 1.82) is 0 Å². The minimum absolute atomic E-state index is 0.00525. The van der Waals surface area contributed by atoms with Crippen LogP contribution in [0.15, 0.2) is 66.7 Å². The summed E-state index contributed by atoms with van der Waals surface area (Å²) in [6.07, 6.45) is 1.44. The minimum atomic E-state index is -3.71. The monoisotopic (exact) mass is 878 g/mol. The zero-order valence-corrected chi connectivity index (χ0v) is 34.1. The molecule has 17 nitrogen and oxygen atoms in total. The Kier molecular flexibility index (Phi) is 12.4. The highest BCUT2D eigenvalue weighted by atomic mass is 35.5. The number of carbonyl (C=O) groups excluding carboxylic acids is 4. The van der Waals surface area contributed by atoms with Gasteiger partial charge in [-0.05, 0) is 78.4 Å². The summed E-state index contributed by atoms with van der Waals surface area (Å²) in [6, 6.07) is 18.0. The smallest absolute Gasteiger partial charge is 0.349 e. The first kappa shape index (κ1) is 42.1. The van der Waals surface area contributed by atoms with E-state index in [4.69, 9.17) is 21.4 Å². The Hall–Kier alpha value is -6.02. The van der Waals surface area contributed by atoms with Crippen LogP contribution in [0.3, 0.4) is 0 Å². The van der Waals surface area contributed by atoms with Crippen molar-refractivity contribution in [3.63, 3.8) is 0 Å². The highest BCUT2D eigenvalue weighted by molar-refractivity contribution is 7.88. The van der Waals surface area contributed by atoms with Gasteiger partial charge in [0.05, 0.1) is 17.2 Å². The van der Waals surface area contributed by atoms with E-state index in [0.717, 1.165) is 11.3 Å². The average molecular weight is 879 g/mol. The molecule has 3 aromatic carbocycles. The molecule has 4 amide bonds. The van der Waals surface area contributed by atoms with E-state index in [-0.39, 0.29) is 84.2 Å². The molecule has 0 spiro atoms. The number of imide groups is 1. The van der Waals surface area contributed by atoms with Crippen molar-refractivity contribution in [3.8, 4) is 16.2 Å². The Morgan fingerprint density at radius 3 is 2.42 bits per heavy atom. The summed E-state index contributed by atoms with van der Waals surface area (Å²) in [5.74, 6) is -4.58. The van der Waals surface area contributed by atoms with Gasteiger partial charge in [0, 0.05) is 54.7 Å². The Labute approximate surface area is 352 Å². The molecule has 2 saturated heterocycles. The largest absolute Gasteiger partial charge is 0.479 e. The number of thiophene rings is 1. The highest BCUT2D eigenvalue weighted by Crippen LogP contribution is 2.46. The van der Waals surface area contributed by atoms with Crippen LogP contribution in [0.1, 0.15) is 56.8 Å². The first-order chi connectivity index (χ1) is 28.6. The second kappa shape index (κ2) is 17.7. The van der Waals surface area contributed by atoms with Crippen LogP contribution in [0.2, 0.25) is 5.02 Å². The maximum absolute atomic E-state index is 13.5. The van der Waals surface area contributed by atoms with E-state index >= 15 is 0 Å². The molecule has 0 radical (unpaired) electrons. The number of carboxylic acid groups (broad SMARTS) is 2. The number of anilines is 3. The fraction of sp³-hybridized carbons (Fsp3) is 0.300. The molecule has 3 aliphatic heterocycles. The number of hydrogen-bond donors (Lipinski definition) is 6. The molecule has 0 bridgehead atoms. The lowest BCUT2D eigenvalue weighted by Crippen LogP contribution is -2.52. The number of aliphatic carboxylic acids is 1. The number of sulfonamides is 1. The first-order valence-corrected chi connectivity index (χ1v) is 21.6. The van der Waals surface area contributed by atoms with Gasteiger partial charge in [0.2, 0.25) is 27.7 Å². The normalized spacial score (nSPS) is 17.2. The Balaban J connectivity index is 0.894. The quantitative estimate of drug-likeness (QED) is 0.0907. The molecule has 20 heteroatoms. The van der Waals surface area contributed by atoms with E-state index in [1.165, 1.54) is 9.21 Å². The van der Waals surface area contributed by atoms with Crippen LogP contribution < -0.4 is 26.0 Å². The van der Waals surface area contributed by atoms with Gasteiger partial charge in [-0.1, -0.05) is 35.9 Å². The number of aromatic carboxylic acids is 1. The van der Waals surface area contributed by atoms with Crippen LogP contribution in [-0.4, -0.2) is 102 Å². The van der Waals surface area contributed by atoms with Gasteiger partial charge < -0.3 is 35.8 Å². The SMILES string of the molecule is O=C(O)COc1c(C(=O)O)sc(-c2cccc(NC3CCN(S(=O)(=O)Cc4cccc(NC(=O)CNc5ccc6c(c5)CN(C5CCC(=O)NC5=O)C6=O)c4)CC3)c2)c1Cl. The number of carboxylic acids is 2. The number of halogens is 1. The van der Waals surface area contributed by atoms with Crippen molar-refractivity contribution in [1.82, 2.24) is 14.5 Å². The van der Waals surface area contributed by atoms with Gasteiger partial charge >= 0.3 is 11.9 Å². The van der Waals surface area contributed by atoms with Crippen LogP contribution in [0.4, 0.5) is 17.1 Å². The molecular weight excluding hydrogens is 840 g/mol. The maximum atomic E-state index is 13.5. The lowest BCUT2D eigenvalue weighted by Gasteiger charge is -2.32. The number of carbonyl (C=O) groups is 6. The fourth-order valence-electron chi connectivity index (χ4n) is 7.36. The van der Waals surface area contributed by atoms with Crippen LogP contribution in [0.25, 0.3) is 10.4 Å². The average Bonchev–Trinajstić information content (AvgIpc) is 3.71. The molecule has 1 atom stereocenters. The van der Waals surface area contributed by atoms with Gasteiger partial charge in [-0.15, -0.1) is 11.3 Å². The van der Waals surface area contributed by atoms with E-state index in [1.807, 2.05) is 6.07 Å². The van der Waals surface area contributed by atoms with Crippen molar-refractivity contribution in [2.45, 2.75) is 50.1 Å². The summed E-state index contributed by atoms with van der Waals surface area (Å²) in [5, 5.41) is 30.2. The summed E-state index contributed by atoms with van der Waals surface area (Å²) >= 11 is 7.33. The Morgan fingerprint density at radius 1 is 0.933 bits per heavy atom. The zero-order valence-electron chi connectivity index (χ0n) is 31.7. The van der Waals surface area contributed by atoms with Gasteiger partial charge in [-0.2, -0.15) is 0 Å². The number of piperidine rings is 2. The predicted molar refractivity (Wildman–Crippen MR) is 222 cm³/mol.